The lowest BCUT2D eigenvalue weighted by atomic mass is 10.0. The van der Waals surface area contributed by atoms with Gasteiger partial charge in [0.05, 0.1) is 12.2 Å². The van der Waals surface area contributed by atoms with Gasteiger partial charge in [0.15, 0.2) is 0 Å². The molecule has 3 aromatic rings. The summed E-state index contributed by atoms with van der Waals surface area (Å²) in [4.78, 5) is 30.8. The van der Waals surface area contributed by atoms with E-state index in [0.29, 0.717) is 5.69 Å². The smallest absolute Gasteiger partial charge is 0.326 e. The van der Waals surface area contributed by atoms with E-state index in [4.69, 9.17) is 0 Å². The number of carboxylic acid groups (broad SMARTS) is 1. The fourth-order valence-corrected chi connectivity index (χ4v) is 3.12. The van der Waals surface area contributed by atoms with E-state index >= 15 is 0 Å². The number of rotatable bonds is 8. The van der Waals surface area contributed by atoms with Crippen molar-refractivity contribution in [3.8, 4) is 0 Å². The molecule has 5 nitrogen and oxygen atoms in total. The normalized spacial score (nSPS) is 11.9. The van der Waals surface area contributed by atoms with Gasteiger partial charge in [-0.05, 0) is 36.3 Å². The van der Waals surface area contributed by atoms with Crippen LogP contribution in [0.1, 0.15) is 22.4 Å². The molecule has 0 saturated heterocycles. The maximum Gasteiger partial charge on any atom is 0.326 e. The zero-order chi connectivity index (χ0) is 21.3. The molecule has 1 unspecified atom stereocenters. The lowest BCUT2D eigenvalue weighted by Gasteiger charge is -2.28. The van der Waals surface area contributed by atoms with Crippen LogP contribution in [0.3, 0.4) is 0 Å². The number of pyridine rings is 1. The van der Waals surface area contributed by atoms with E-state index in [2.05, 4.69) is 4.98 Å². The third-order valence-electron chi connectivity index (χ3n) is 4.77. The van der Waals surface area contributed by atoms with E-state index < -0.39 is 12.0 Å². The molecular formula is C25H24N2O3. The highest BCUT2D eigenvalue weighted by Gasteiger charge is 2.29. The van der Waals surface area contributed by atoms with Gasteiger partial charge in [-0.25, -0.2) is 4.79 Å². The van der Waals surface area contributed by atoms with E-state index in [9.17, 15) is 14.7 Å². The van der Waals surface area contributed by atoms with Crippen LogP contribution in [0.5, 0.6) is 0 Å². The lowest BCUT2D eigenvalue weighted by Crippen LogP contribution is -2.45. The molecule has 0 spiro atoms. The number of aromatic nitrogens is 1. The van der Waals surface area contributed by atoms with Crippen molar-refractivity contribution in [1.29, 1.82) is 0 Å². The highest BCUT2D eigenvalue weighted by molar-refractivity contribution is 5.94. The predicted molar refractivity (Wildman–Crippen MR) is 117 cm³/mol. The SMILES string of the molecule is Cc1ccc(C=CC(=O)N(Cc2ccccn2)C(Cc2ccccc2)C(=O)O)cc1. The number of nitrogens with zero attached hydrogens (tertiary/aromatic N) is 2. The van der Waals surface area contributed by atoms with Crippen molar-refractivity contribution in [2.45, 2.75) is 25.9 Å². The summed E-state index contributed by atoms with van der Waals surface area (Å²) in [6.45, 7) is 2.11. The summed E-state index contributed by atoms with van der Waals surface area (Å²) in [5, 5.41) is 9.91. The minimum absolute atomic E-state index is 0.113. The second-order valence-corrected chi connectivity index (χ2v) is 7.07. The van der Waals surface area contributed by atoms with Crippen molar-refractivity contribution in [1.82, 2.24) is 9.88 Å². The van der Waals surface area contributed by atoms with Crippen LogP contribution in [0.4, 0.5) is 0 Å². The molecule has 1 N–H and O–H groups in total. The Morgan fingerprint density at radius 3 is 2.33 bits per heavy atom. The van der Waals surface area contributed by atoms with Crippen LogP contribution in [0.15, 0.2) is 85.1 Å². The topological polar surface area (TPSA) is 70.5 Å². The second-order valence-electron chi connectivity index (χ2n) is 7.07. The summed E-state index contributed by atoms with van der Waals surface area (Å²) in [6.07, 6.45) is 4.98. The van der Waals surface area contributed by atoms with Gasteiger partial charge in [0.25, 0.3) is 0 Å². The van der Waals surface area contributed by atoms with Crippen molar-refractivity contribution in [3.63, 3.8) is 0 Å². The Kier molecular flexibility index (Phi) is 7.11. The number of carbonyl (C=O) groups excluding carboxylic acids is 1. The molecule has 1 aromatic heterocycles. The van der Waals surface area contributed by atoms with Gasteiger partial charge in [0.2, 0.25) is 5.91 Å². The van der Waals surface area contributed by atoms with Crippen LogP contribution >= 0.6 is 0 Å². The highest BCUT2D eigenvalue weighted by atomic mass is 16.4. The van der Waals surface area contributed by atoms with Crippen molar-refractivity contribution in [3.05, 3.63) is 107 Å². The summed E-state index contributed by atoms with van der Waals surface area (Å²) in [5.74, 6) is -1.42. The fourth-order valence-electron chi connectivity index (χ4n) is 3.12. The zero-order valence-corrected chi connectivity index (χ0v) is 16.8. The van der Waals surface area contributed by atoms with Gasteiger partial charge in [0.1, 0.15) is 6.04 Å². The number of carbonyl (C=O) groups is 2. The molecule has 0 bridgehead atoms. The molecule has 0 aliphatic heterocycles. The van der Waals surface area contributed by atoms with Crippen LogP contribution in [0, 0.1) is 6.92 Å². The number of benzene rings is 2. The molecule has 1 heterocycles. The first kappa shape index (κ1) is 21.0. The molecule has 30 heavy (non-hydrogen) atoms. The Hall–Kier alpha value is -3.73. The van der Waals surface area contributed by atoms with Crippen LogP contribution < -0.4 is 0 Å². The molecule has 1 amide bonds. The number of carboxylic acids is 1. The van der Waals surface area contributed by atoms with E-state index in [1.165, 1.54) is 11.0 Å². The Labute approximate surface area is 176 Å². The standard InChI is InChI=1S/C25H24N2O3/c1-19-10-12-20(13-11-19)14-15-24(28)27(18-22-9-5-6-16-26-22)23(25(29)30)17-21-7-3-2-4-8-21/h2-16,23H,17-18H2,1H3,(H,29,30). The van der Waals surface area contributed by atoms with Gasteiger partial charge in [-0.15, -0.1) is 0 Å². The van der Waals surface area contributed by atoms with Gasteiger partial charge in [-0.3, -0.25) is 9.78 Å². The average Bonchev–Trinajstić information content (AvgIpc) is 2.77. The predicted octanol–water partition coefficient (Wildman–Crippen LogP) is 4.13. The monoisotopic (exact) mass is 400 g/mol. The molecule has 0 saturated carbocycles. The molecule has 1 atom stereocenters. The summed E-state index contributed by atoms with van der Waals surface area (Å²) < 4.78 is 0. The Bertz CT molecular complexity index is 1000. The first-order chi connectivity index (χ1) is 14.5. The maximum atomic E-state index is 13.1. The Morgan fingerprint density at radius 2 is 1.70 bits per heavy atom. The maximum absolute atomic E-state index is 13.1. The molecule has 0 fully saturated rings. The van der Waals surface area contributed by atoms with Gasteiger partial charge in [-0.2, -0.15) is 0 Å². The molecule has 5 heteroatoms. The molecule has 152 valence electrons. The molecule has 0 aliphatic rings. The fraction of sp³-hybridized carbons (Fsp3) is 0.160. The van der Waals surface area contributed by atoms with E-state index in [1.807, 2.05) is 67.6 Å². The van der Waals surface area contributed by atoms with Crippen molar-refractivity contribution < 1.29 is 14.7 Å². The van der Waals surface area contributed by atoms with Crippen LogP contribution in [0.25, 0.3) is 6.08 Å². The number of hydrogen-bond donors (Lipinski definition) is 1. The van der Waals surface area contributed by atoms with Gasteiger partial charge in [0, 0.05) is 18.7 Å². The number of amides is 1. The average molecular weight is 400 g/mol. The summed E-state index contributed by atoms with van der Waals surface area (Å²) >= 11 is 0. The molecular weight excluding hydrogens is 376 g/mol. The van der Waals surface area contributed by atoms with E-state index in [-0.39, 0.29) is 18.9 Å². The van der Waals surface area contributed by atoms with Crippen molar-refractivity contribution in [2.75, 3.05) is 0 Å². The van der Waals surface area contributed by atoms with Gasteiger partial charge < -0.3 is 10.0 Å². The van der Waals surface area contributed by atoms with Gasteiger partial charge >= 0.3 is 5.97 Å². The zero-order valence-electron chi connectivity index (χ0n) is 16.8. The minimum Gasteiger partial charge on any atom is -0.480 e. The molecule has 0 aliphatic carbocycles. The first-order valence-corrected chi connectivity index (χ1v) is 9.75. The summed E-state index contributed by atoms with van der Waals surface area (Å²) in [6, 6.07) is 21.5. The summed E-state index contributed by atoms with van der Waals surface area (Å²) in [5.41, 5.74) is 3.49. The third-order valence-corrected chi connectivity index (χ3v) is 4.77. The van der Waals surface area contributed by atoms with E-state index in [0.717, 1.165) is 16.7 Å². The Morgan fingerprint density at radius 1 is 1.00 bits per heavy atom. The van der Waals surface area contributed by atoms with Crippen molar-refractivity contribution in [2.24, 2.45) is 0 Å². The second kappa shape index (κ2) is 10.2. The van der Waals surface area contributed by atoms with Gasteiger partial charge in [-0.1, -0.05) is 66.2 Å². The molecule has 3 rings (SSSR count). The minimum atomic E-state index is -1.05. The van der Waals surface area contributed by atoms with E-state index in [1.54, 1.807) is 24.4 Å². The molecule has 2 aromatic carbocycles. The van der Waals surface area contributed by atoms with Crippen LogP contribution in [-0.4, -0.2) is 32.9 Å². The van der Waals surface area contributed by atoms with Crippen molar-refractivity contribution >= 4 is 18.0 Å². The number of aryl methyl sites for hydroxylation is 1. The highest BCUT2D eigenvalue weighted by Crippen LogP contribution is 2.15. The Balaban J connectivity index is 1.88. The summed E-state index contributed by atoms with van der Waals surface area (Å²) in [7, 11) is 0. The number of hydrogen-bond acceptors (Lipinski definition) is 3. The third kappa shape index (κ3) is 5.88. The first-order valence-electron chi connectivity index (χ1n) is 9.75. The quantitative estimate of drug-likeness (QED) is 0.577. The van der Waals surface area contributed by atoms with Crippen LogP contribution in [0.2, 0.25) is 0 Å². The lowest BCUT2D eigenvalue weighted by molar-refractivity contribution is -0.149. The number of aliphatic carboxylic acids is 1. The largest absolute Gasteiger partial charge is 0.480 e. The molecule has 0 radical (unpaired) electrons. The van der Waals surface area contributed by atoms with Crippen LogP contribution in [-0.2, 0) is 22.6 Å².